The van der Waals surface area contributed by atoms with Gasteiger partial charge in [-0.25, -0.2) is 4.98 Å². The monoisotopic (exact) mass is 321 g/mol. The molecule has 1 aromatic heterocycles. The van der Waals surface area contributed by atoms with E-state index in [9.17, 15) is 0 Å². The summed E-state index contributed by atoms with van der Waals surface area (Å²) in [5.74, 6) is 1.45. The van der Waals surface area contributed by atoms with Gasteiger partial charge in [0.25, 0.3) is 0 Å². The van der Waals surface area contributed by atoms with Gasteiger partial charge in [-0.2, -0.15) is 0 Å². The van der Waals surface area contributed by atoms with Gasteiger partial charge in [0.05, 0.1) is 5.69 Å². The van der Waals surface area contributed by atoms with E-state index in [0.717, 1.165) is 49.8 Å². The third-order valence-corrected chi connectivity index (χ3v) is 4.14. The molecule has 22 heavy (non-hydrogen) atoms. The van der Waals surface area contributed by atoms with Crippen molar-refractivity contribution in [2.75, 3.05) is 19.6 Å². The lowest BCUT2D eigenvalue weighted by atomic mass is 9.95. The lowest BCUT2D eigenvalue weighted by molar-refractivity contribution is 0.161. The van der Waals surface area contributed by atoms with E-state index in [-0.39, 0.29) is 12.4 Å². The number of aromatic nitrogens is 1. The molecule has 120 valence electrons. The minimum atomic E-state index is 0. The van der Waals surface area contributed by atoms with E-state index < -0.39 is 0 Å². The molecule has 0 spiro atoms. The summed E-state index contributed by atoms with van der Waals surface area (Å²) in [6, 6.07) is 10.0. The number of likely N-dealkylation sites (tertiary alicyclic amines) is 1. The van der Waals surface area contributed by atoms with Crippen molar-refractivity contribution in [2.45, 2.75) is 25.8 Å². The van der Waals surface area contributed by atoms with Crippen molar-refractivity contribution >= 4 is 12.4 Å². The van der Waals surface area contributed by atoms with Crippen molar-refractivity contribution in [2.24, 2.45) is 11.7 Å². The second-order valence-electron chi connectivity index (χ2n) is 5.83. The number of rotatable bonds is 5. The molecule has 0 radical (unpaired) electrons. The predicted octanol–water partition coefficient (Wildman–Crippen LogP) is 3.32. The van der Waals surface area contributed by atoms with Gasteiger partial charge in [0.2, 0.25) is 5.89 Å². The van der Waals surface area contributed by atoms with Gasteiger partial charge in [-0.3, -0.25) is 4.90 Å². The fraction of sp³-hybridized carbons (Fsp3) is 0.471. The van der Waals surface area contributed by atoms with E-state index in [4.69, 9.17) is 10.2 Å². The Morgan fingerprint density at radius 2 is 2.09 bits per heavy atom. The minimum absolute atomic E-state index is 0. The zero-order chi connectivity index (χ0) is 14.5. The fourth-order valence-corrected chi connectivity index (χ4v) is 3.09. The van der Waals surface area contributed by atoms with E-state index in [0.29, 0.717) is 5.89 Å². The molecule has 2 N–H and O–H groups in total. The molecule has 2 aromatic rings. The zero-order valence-electron chi connectivity index (χ0n) is 12.8. The molecule has 1 aliphatic rings. The molecule has 1 aliphatic heterocycles. The highest BCUT2D eigenvalue weighted by atomic mass is 35.5. The van der Waals surface area contributed by atoms with Gasteiger partial charge in [-0.05, 0) is 50.4 Å². The van der Waals surface area contributed by atoms with Crippen LogP contribution in [0.25, 0.3) is 11.5 Å². The first kappa shape index (κ1) is 17.0. The van der Waals surface area contributed by atoms with Crippen LogP contribution in [0.1, 0.15) is 25.0 Å². The maximum absolute atomic E-state index is 5.68. The molecular formula is C17H24ClN3O. The largest absolute Gasteiger partial charge is 0.444 e. The SMILES string of the molecule is Cl.NCCC1CCCN(Cc2coc(-c3ccccc3)n2)C1. The summed E-state index contributed by atoms with van der Waals surface area (Å²) in [5.41, 5.74) is 7.73. The molecule has 5 heteroatoms. The van der Waals surface area contributed by atoms with Gasteiger partial charge in [-0.15, -0.1) is 12.4 Å². The third kappa shape index (κ3) is 4.32. The summed E-state index contributed by atoms with van der Waals surface area (Å²) in [5, 5.41) is 0. The van der Waals surface area contributed by atoms with Crippen LogP contribution in [0, 0.1) is 5.92 Å². The van der Waals surface area contributed by atoms with Crippen LogP contribution in [-0.2, 0) is 6.54 Å². The first-order valence-corrected chi connectivity index (χ1v) is 7.77. The van der Waals surface area contributed by atoms with Crippen LogP contribution >= 0.6 is 12.4 Å². The van der Waals surface area contributed by atoms with Crippen molar-refractivity contribution in [3.63, 3.8) is 0 Å². The standard InChI is InChI=1S/C17H23N3O.ClH/c18-9-8-14-5-4-10-20(11-14)12-16-13-21-17(19-16)15-6-2-1-3-7-15;/h1-3,6-7,13-14H,4-5,8-12,18H2;1H. The lowest BCUT2D eigenvalue weighted by Crippen LogP contribution is -2.35. The summed E-state index contributed by atoms with van der Waals surface area (Å²) in [6.45, 7) is 3.94. The van der Waals surface area contributed by atoms with E-state index >= 15 is 0 Å². The molecule has 0 saturated carbocycles. The highest BCUT2D eigenvalue weighted by Gasteiger charge is 2.20. The Bertz CT molecular complexity index is 556. The van der Waals surface area contributed by atoms with Crippen molar-refractivity contribution in [3.8, 4) is 11.5 Å². The van der Waals surface area contributed by atoms with E-state index in [1.807, 2.05) is 30.3 Å². The maximum Gasteiger partial charge on any atom is 0.226 e. The van der Waals surface area contributed by atoms with Crippen LogP contribution in [0.3, 0.4) is 0 Å². The average Bonchev–Trinajstić information content (AvgIpc) is 2.97. The number of nitrogens with two attached hydrogens (primary N) is 1. The van der Waals surface area contributed by atoms with Crippen molar-refractivity contribution < 1.29 is 4.42 Å². The van der Waals surface area contributed by atoms with Gasteiger partial charge < -0.3 is 10.2 Å². The molecule has 0 bridgehead atoms. The van der Waals surface area contributed by atoms with Crippen LogP contribution in [0.15, 0.2) is 41.0 Å². The van der Waals surface area contributed by atoms with Crippen molar-refractivity contribution in [3.05, 3.63) is 42.3 Å². The van der Waals surface area contributed by atoms with Crippen molar-refractivity contribution in [1.29, 1.82) is 0 Å². The van der Waals surface area contributed by atoms with Gasteiger partial charge in [0, 0.05) is 18.7 Å². The topological polar surface area (TPSA) is 55.3 Å². The van der Waals surface area contributed by atoms with E-state index in [2.05, 4.69) is 9.88 Å². The normalized spacial score (nSPS) is 18.9. The highest BCUT2D eigenvalue weighted by molar-refractivity contribution is 5.85. The Morgan fingerprint density at radius 3 is 2.86 bits per heavy atom. The van der Waals surface area contributed by atoms with Crippen LogP contribution in [0.4, 0.5) is 0 Å². The molecule has 1 atom stereocenters. The Morgan fingerprint density at radius 1 is 1.27 bits per heavy atom. The summed E-state index contributed by atoms with van der Waals surface area (Å²) in [7, 11) is 0. The third-order valence-electron chi connectivity index (χ3n) is 4.14. The van der Waals surface area contributed by atoms with Crippen LogP contribution in [-0.4, -0.2) is 29.5 Å². The molecule has 0 amide bonds. The minimum Gasteiger partial charge on any atom is -0.444 e. The molecule has 2 heterocycles. The van der Waals surface area contributed by atoms with Crippen molar-refractivity contribution in [1.82, 2.24) is 9.88 Å². The summed E-state index contributed by atoms with van der Waals surface area (Å²) in [6.07, 6.45) is 5.48. The molecule has 0 aliphatic carbocycles. The number of halogens is 1. The second kappa shape index (κ2) is 8.32. The number of nitrogens with zero attached hydrogens (tertiary/aromatic N) is 2. The molecule has 1 fully saturated rings. The van der Waals surface area contributed by atoms with Gasteiger partial charge in [0.1, 0.15) is 6.26 Å². The van der Waals surface area contributed by atoms with Crippen LogP contribution in [0.2, 0.25) is 0 Å². The number of piperidine rings is 1. The van der Waals surface area contributed by atoms with Gasteiger partial charge in [-0.1, -0.05) is 18.2 Å². The maximum atomic E-state index is 5.68. The molecule has 3 rings (SSSR count). The van der Waals surface area contributed by atoms with Crippen LogP contribution < -0.4 is 5.73 Å². The summed E-state index contributed by atoms with van der Waals surface area (Å²) < 4.78 is 5.61. The molecule has 1 saturated heterocycles. The summed E-state index contributed by atoms with van der Waals surface area (Å²) in [4.78, 5) is 7.08. The first-order valence-electron chi connectivity index (χ1n) is 7.77. The zero-order valence-corrected chi connectivity index (χ0v) is 13.6. The number of oxazole rings is 1. The molecule has 1 unspecified atom stereocenters. The fourth-order valence-electron chi connectivity index (χ4n) is 3.09. The number of hydrogen-bond donors (Lipinski definition) is 1. The smallest absolute Gasteiger partial charge is 0.226 e. The highest BCUT2D eigenvalue weighted by Crippen LogP contribution is 2.22. The quantitative estimate of drug-likeness (QED) is 0.917. The number of hydrogen-bond acceptors (Lipinski definition) is 4. The Kier molecular flexibility index (Phi) is 6.43. The van der Waals surface area contributed by atoms with Crippen LogP contribution in [0.5, 0.6) is 0 Å². The second-order valence-corrected chi connectivity index (χ2v) is 5.83. The Hall–Kier alpha value is -1.36. The van der Waals surface area contributed by atoms with Gasteiger partial charge in [0.15, 0.2) is 0 Å². The van der Waals surface area contributed by atoms with E-state index in [1.165, 1.54) is 12.8 Å². The first-order chi connectivity index (χ1) is 10.3. The Labute approximate surface area is 138 Å². The molecular weight excluding hydrogens is 298 g/mol. The molecule has 4 nitrogen and oxygen atoms in total. The van der Waals surface area contributed by atoms with Gasteiger partial charge >= 0.3 is 0 Å². The average molecular weight is 322 g/mol. The molecule has 1 aromatic carbocycles. The predicted molar refractivity (Wildman–Crippen MR) is 90.9 cm³/mol. The Balaban J connectivity index is 0.00000176. The number of benzene rings is 1. The summed E-state index contributed by atoms with van der Waals surface area (Å²) >= 11 is 0. The van der Waals surface area contributed by atoms with E-state index in [1.54, 1.807) is 6.26 Å². The lowest BCUT2D eigenvalue weighted by Gasteiger charge is -2.31.